The summed E-state index contributed by atoms with van der Waals surface area (Å²) < 4.78 is 77.6. The predicted molar refractivity (Wildman–Crippen MR) is 250 cm³/mol. The van der Waals surface area contributed by atoms with Gasteiger partial charge in [0, 0.05) is 39.1 Å². The molecule has 0 amide bonds. The minimum absolute atomic E-state index is 0.203. The summed E-state index contributed by atoms with van der Waals surface area (Å²) in [7, 11) is 0. The van der Waals surface area contributed by atoms with Gasteiger partial charge in [-0.2, -0.15) is 0 Å². The fraction of sp³-hybridized carbons (Fsp3) is 0.913. The van der Waals surface area contributed by atoms with E-state index in [1.54, 1.807) is 41.5 Å². The first kappa shape index (κ1) is 68.5. The smallest absolute Gasteiger partial charge is 0.460 e. The Labute approximate surface area is 401 Å². The number of carbonyl (C=O) groups excluding carboxylic acids is 4. The van der Waals surface area contributed by atoms with E-state index in [1.165, 1.54) is 0 Å². The van der Waals surface area contributed by atoms with E-state index in [9.17, 15) is 19.2 Å². The van der Waals surface area contributed by atoms with E-state index in [0.717, 1.165) is 0 Å². The Bertz CT molecular complexity index is 1080. The Kier molecular flexibility index (Phi) is 45.4. The Morgan fingerprint density at radius 1 is 0.299 bits per heavy atom. The zero-order valence-electron chi connectivity index (χ0n) is 43.3. The quantitative estimate of drug-likeness (QED) is 0.0355. The van der Waals surface area contributed by atoms with Gasteiger partial charge in [-0.15, -0.1) is 0 Å². The van der Waals surface area contributed by atoms with Gasteiger partial charge in [-0.3, -0.25) is 9.59 Å². The van der Waals surface area contributed by atoms with Crippen molar-refractivity contribution in [3.05, 3.63) is 0 Å². The lowest BCUT2D eigenvalue weighted by Crippen LogP contribution is -2.29. The van der Waals surface area contributed by atoms with Crippen molar-refractivity contribution < 1.29 is 90.2 Å². The van der Waals surface area contributed by atoms with Crippen molar-refractivity contribution >= 4 is 24.2 Å². The largest absolute Gasteiger partial charge is 0.519 e. The second kappa shape index (κ2) is 44.4. The van der Waals surface area contributed by atoms with Crippen LogP contribution in [-0.2, 0) is 80.6 Å². The van der Waals surface area contributed by atoms with Crippen molar-refractivity contribution in [1.82, 2.24) is 0 Å². The third-order valence-corrected chi connectivity index (χ3v) is 6.63. The van der Waals surface area contributed by atoms with Gasteiger partial charge in [-0.05, 0) is 95.9 Å². The molecular weight excluding hydrogens is 885 g/mol. The van der Waals surface area contributed by atoms with Crippen LogP contribution < -0.4 is 11.5 Å². The van der Waals surface area contributed by atoms with Crippen molar-refractivity contribution in [2.75, 3.05) is 145 Å². The number of carbonyl (C=O) groups is 4. The molecule has 4 N–H and O–H groups in total. The van der Waals surface area contributed by atoms with E-state index in [1.807, 2.05) is 41.5 Å². The predicted octanol–water partition coefficient (Wildman–Crippen LogP) is 5.17. The molecule has 0 atom stereocenters. The van der Waals surface area contributed by atoms with Crippen LogP contribution in [-0.4, -0.2) is 192 Å². The Morgan fingerprint density at radius 3 is 0.687 bits per heavy atom. The van der Waals surface area contributed by atoms with Gasteiger partial charge >= 0.3 is 24.2 Å². The average Bonchev–Trinajstić information content (AvgIpc) is 3.18. The fourth-order valence-electron chi connectivity index (χ4n) is 4.16. The molecule has 0 aliphatic rings. The minimum Gasteiger partial charge on any atom is -0.460 e. The number of ether oxygens (including phenoxy) is 15. The molecule has 0 rings (SSSR count). The highest BCUT2D eigenvalue weighted by Crippen LogP contribution is 2.12. The molecule has 0 saturated carbocycles. The summed E-state index contributed by atoms with van der Waals surface area (Å²) in [6.45, 7) is 32.8. The van der Waals surface area contributed by atoms with Crippen LogP contribution in [0.15, 0.2) is 0 Å². The summed E-state index contributed by atoms with van der Waals surface area (Å²) in [4.78, 5) is 45.1. The maximum atomic E-state index is 11.5. The Hall–Kier alpha value is -2.80. The van der Waals surface area contributed by atoms with Gasteiger partial charge in [0.2, 0.25) is 0 Å². The molecule has 0 radical (unpaired) electrons. The van der Waals surface area contributed by atoms with Crippen LogP contribution >= 0.6 is 0 Å². The van der Waals surface area contributed by atoms with Crippen molar-refractivity contribution in [1.29, 1.82) is 0 Å². The summed E-state index contributed by atoms with van der Waals surface area (Å²) in [6, 6.07) is 0. The van der Waals surface area contributed by atoms with E-state index < -0.39 is 34.7 Å². The van der Waals surface area contributed by atoms with Crippen molar-refractivity contribution in [3.8, 4) is 0 Å². The van der Waals surface area contributed by atoms with E-state index in [2.05, 4.69) is 4.74 Å². The molecule has 0 bridgehead atoms. The second-order valence-corrected chi connectivity index (χ2v) is 18.1. The highest BCUT2D eigenvalue weighted by molar-refractivity contribution is 5.77. The highest BCUT2D eigenvalue weighted by atomic mass is 16.8. The molecule has 0 saturated heterocycles. The average molecular weight is 977 g/mol. The molecule has 0 unspecified atom stereocenters. The normalized spacial score (nSPS) is 11.7. The third kappa shape index (κ3) is 67.5. The molecule has 21 heteroatoms. The van der Waals surface area contributed by atoms with E-state index in [-0.39, 0.29) is 11.9 Å². The van der Waals surface area contributed by atoms with Crippen LogP contribution in [0, 0.1) is 0 Å². The molecule has 0 aliphatic carbocycles. The van der Waals surface area contributed by atoms with E-state index in [4.69, 9.17) is 77.8 Å². The third-order valence-electron chi connectivity index (χ3n) is 6.63. The Morgan fingerprint density at radius 2 is 0.493 bits per heavy atom. The molecular formula is C46H92N2O19. The number of esters is 2. The lowest BCUT2D eigenvalue weighted by atomic mass is 10.2. The zero-order valence-corrected chi connectivity index (χ0v) is 43.3. The molecule has 0 fully saturated rings. The molecule has 0 heterocycles. The summed E-state index contributed by atoms with van der Waals surface area (Å²) in [5.74, 6) is -0.405. The minimum atomic E-state index is -1.06. The summed E-state index contributed by atoms with van der Waals surface area (Å²) in [6.07, 6.45) is -0.138. The number of hydrogen-bond acceptors (Lipinski definition) is 21. The molecule has 0 aromatic carbocycles. The van der Waals surface area contributed by atoms with Gasteiger partial charge < -0.3 is 82.5 Å². The number of rotatable bonds is 36. The SMILES string of the molecule is CC(C)(C)OC(=O)CCCOCCOCCOCCOCCOCCCC(=O)OC(C)(C)C.CC(C)(C)OC(=O)OC(=O)OC(C)(C)C.NCCOCCOCCOCCOCCOCCN. The van der Waals surface area contributed by atoms with Gasteiger partial charge in [-0.25, -0.2) is 9.59 Å². The molecule has 0 aliphatic heterocycles. The first-order valence-electron chi connectivity index (χ1n) is 23.2. The topological polar surface area (TPSA) is 259 Å². The van der Waals surface area contributed by atoms with E-state index in [0.29, 0.717) is 171 Å². The summed E-state index contributed by atoms with van der Waals surface area (Å²) in [5, 5.41) is 0. The van der Waals surface area contributed by atoms with Gasteiger partial charge in [0.1, 0.15) is 22.4 Å². The zero-order chi connectivity index (χ0) is 51.3. The maximum absolute atomic E-state index is 11.5. The first-order valence-corrected chi connectivity index (χ1v) is 23.2. The second-order valence-electron chi connectivity index (χ2n) is 18.1. The van der Waals surface area contributed by atoms with Crippen molar-refractivity contribution in [2.45, 2.75) is 131 Å². The maximum Gasteiger partial charge on any atom is 0.519 e. The first-order chi connectivity index (χ1) is 31.4. The van der Waals surface area contributed by atoms with Crippen LogP contribution in [0.4, 0.5) is 9.59 Å². The van der Waals surface area contributed by atoms with Crippen LogP contribution in [0.25, 0.3) is 0 Å². The van der Waals surface area contributed by atoms with Crippen LogP contribution in [0.1, 0.15) is 109 Å². The molecule has 400 valence electrons. The number of nitrogens with two attached hydrogens (primary N) is 2. The van der Waals surface area contributed by atoms with Gasteiger partial charge in [0.15, 0.2) is 0 Å². The number of hydrogen-bond donors (Lipinski definition) is 2. The molecule has 21 nitrogen and oxygen atoms in total. The highest BCUT2D eigenvalue weighted by Gasteiger charge is 2.24. The summed E-state index contributed by atoms with van der Waals surface area (Å²) in [5.41, 5.74) is 8.26. The lowest BCUT2D eigenvalue weighted by Gasteiger charge is -2.20. The van der Waals surface area contributed by atoms with Crippen molar-refractivity contribution in [2.24, 2.45) is 11.5 Å². The monoisotopic (exact) mass is 977 g/mol. The van der Waals surface area contributed by atoms with Crippen LogP contribution in [0.2, 0.25) is 0 Å². The van der Waals surface area contributed by atoms with Crippen LogP contribution in [0.3, 0.4) is 0 Å². The molecule has 0 aromatic rings. The molecule has 0 aromatic heterocycles. The lowest BCUT2D eigenvalue weighted by molar-refractivity contribution is -0.156. The molecule has 67 heavy (non-hydrogen) atoms. The van der Waals surface area contributed by atoms with Crippen molar-refractivity contribution in [3.63, 3.8) is 0 Å². The van der Waals surface area contributed by atoms with Gasteiger partial charge in [0.25, 0.3) is 0 Å². The van der Waals surface area contributed by atoms with Crippen LogP contribution in [0.5, 0.6) is 0 Å². The fourth-order valence-corrected chi connectivity index (χ4v) is 4.16. The molecule has 0 spiro atoms. The van der Waals surface area contributed by atoms with E-state index >= 15 is 0 Å². The Balaban J connectivity index is -0.00000101. The van der Waals surface area contributed by atoms with Gasteiger partial charge in [0.05, 0.1) is 119 Å². The van der Waals surface area contributed by atoms with Gasteiger partial charge in [-0.1, -0.05) is 0 Å². The standard InChI is InChI=1S/C24H46O9.C12H28N2O5.C10H18O5/c1-23(2,3)32-21(25)9-7-11-27-13-15-29-17-19-31-20-18-30-16-14-28-12-8-10-22(26)33-24(4,5)6;13-1-3-15-5-7-17-9-11-19-12-10-18-8-6-16-4-2-14;1-9(2,3)14-7(11)13-8(12)15-10(4,5)6/h7-20H2,1-6H3;1-14H2;1-6H3. The summed E-state index contributed by atoms with van der Waals surface area (Å²) >= 11 is 0.